The van der Waals surface area contributed by atoms with E-state index in [4.69, 9.17) is 4.99 Å². The molecule has 0 N–H and O–H groups in total. The summed E-state index contributed by atoms with van der Waals surface area (Å²) in [6.07, 6.45) is 3.84. The van der Waals surface area contributed by atoms with E-state index in [0.29, 0.717) is 6.54 Å². The van der Waals surface area contributed by atoms with E-state index in [2.05, 4.69) is 43.9 Å². The second kappa shape index (κ2) is 4.98. The Bertz CT molecular complexity index is 694. The van der Waals surface area contributed by atoms with Crippen LogP contribution in [-0.4, -0.2) is 38.6 Å². The van der Waals surface area contributed by atoms with Gasteiger partial charge in [-0.3, -0.25) is 9.56 Å². The number of amidine groups is 1. The number of benzene rings is 1. The molecule has 5 nitrogen and oxygen atoms in total. The Balaban J connectivity index is 1.86. The van der Waals surface area contributed by atoms with Crippen molar-refractivity contribution in [1.82, 2.24) is 19.7 Å². The summed E-state index contributed by atoms with van der Waals surface area (Å²) in [6, 6.07) is 8.46. The summed E-state index contributed by atoms with van der Waals surface area (Å²) >= 11 is 0. The van der Waals surface area contributed by atoms with Crippen molar-refractivity contribution in [2.45, 2.75) is 32.7 Å². The van der Waals surface area contributed by atoms with E-state index in [1.54, 1.807) is 0 Å². The molecule has 5 heteroatoms. The summed E-state index contributed by atoms with van der Waals surface area (Å²) in [7, 11) is 0. The van der Waals surface area contributed by atoms with Crippen molar-refractivity contribution < 1.29 is 0 Å². The number of hydrogen-bond acceptors (Lipinski definition) is 4. The number of piperidine rings is 1. The van der Waals surface area contributed by atoms with Crippen LogP contribution in [-0.2, 0) is 6.54 Å². The maximum Gasteiger partial charge on any atom is 0.159 e. The third-order valence-corrected chi connectivity index (χ3v) is 4.30. The summed E-state index contributed by atoms with van der Waals surface area (Å²) in [5, 5.41) is 8.49. The van der Waals surface area contributed by atoms with Crippen molar-refractivity contribution in [3.63, 3.8) is 0 Å². The third kappa shape index (κ3) is 2.04. The molecule has 0 amide bonds. The highest BCUT2D eigenvalue weighted by Gasteiger charge is 2.24. The van der Waals surface area contributed by atoms with Gasteiger partial charge in [0, 0.05) is 18.7 Å². The monoisotopic (exact) mass is 281 g/mol. The van der Waals surface area contributed by atoms with Gasteiger partial charge in [-0.05, 0) is 38.3 Å². The van der Waals surface area contributed by atoms with Crippen molar-refractivity contribution in [2.75, 3.05) is 13.1 Å². The summed E-state index contributed by atoms with van der Waals surface area (Å²) < 4.78 is 2.13. The number of aromatic nitrogens is 3. The van der Waals surface area contributed by atoms with Crippen molar-refractivity contribution in [3.8, 4) is 5.69 Å². The van der Waals surface area contributed by atoms with E-state index in [-0.39, 0.29) is 0 Å². The lowest BCUT2D eigenvalue weighted by Gasteiger charge is -2.30. The molecule has 0 unspecified atom stereocenters. The fourth-order valence-corrected chi connectivity index (χ4v) is 3.29. The van der Waals surface area contributed by atoms with Crippen molar-refractivity contribution in [2.24, 2.45) is 4.99 Å². The summed E-state index contributed by atoms with van der Waals surface area (Å²) in [5.41, 5.74) is 2.35. The minimum atomic E-state index is 0.599. The SMILES string of the molecule is Cc1nnc2n1-c1ccccc1C(N1CCCCC1)=NC2. The molecule has 0 aliphatic carbocycles. The Morgan fingerprint density at radius 3 is 2.67 bits per heavy atom. The van der Waals surface area contributed by atoms with Gasteiger partial charge < -0.3 is 4.90 Å². The van der Waals surface area contributed by atoms with Gasteiger partial charge in [-0.15, -0.1) is 10.2 Å². The fraction of sp³-hybridized carbons (Fsp3) is 0.438. The average Bonchev–Trinajstić information content (AvgIpc) is 2.81. The molecule has 0 bridgehead atoms. The third-order valence-electron chi connectivity index (χ3n) is 4.30. The van der Waals surface area contributed by atoms with Crippen LogP contribution in [0, 0.1) is 6.92 Å². The molecule has 0 radical (unpaired) electrons. The Morgan fingerprint density at radius 1 is 1.00 bits per heavy atom. The zero-order chi connectivity index (χ0) is 14.2. The van der Waals surface area contributed by atoms with Crippen LogP contribution in [0.4, 0.5) is 0 Å². The number of rotatable bonds is 0. The molecule has 1 aromatic carbocycles. The van der Waals surface area contributed by atoms with E-state index < -0.39 is 0 Å². The molecule has 3 heterocycles. The molecule has 1 aromatic heterocycles. The zero-order valence-corrected chi connectivity index (χ0v) is 12.3. The van der Waals surface area contributed by atoms with Gasteiger partial charge in [-0.1, -0.05) is 12.1 Å². The quantitative estimate of drug-likeness (QED) is 0.744. The first-order valence-electron chi connectivity index (χ1n) is 7.64. The minimum absolute atomic E-state index is 0.599. The number of fused-ring (bicyclic) bond motifs is 3. The predicted molar refractivity (Wildman–Crippen MR) is 81.8 cm³/mol. The molecule has 0 atom stereocenters. The Labute approximate surface area is 124 Å². The van der Waals surface area contributed by atoms with Crippen molar-refractivity contribution in [1.29, 1.82) is 0 Å². The fourth-order valence-electron chi connectivity index (χ4n) is 3.29. The van der Waals surface area contributed by atoms with E-state index in [0.717, 1.165) is 36.3 Å². The van der Waals surface area contributed by atoms with Crippen LogP contribution in [0.3, 0.4) is 0 Å². The van der Waals surface area contributed by atoms with Gasteiger partial charge in [0.25, 0.3) is 0 Å². The second-order valence-corrected chi connectivity index (χ2v) is 5.70. The zero-order valence-electron chi connectivity index (χ0n) is 12.3. The maximum absolute atomic E-state index is 4.86. The van der Waals surface area contributed by atoms with Gasteiger partial charge in [0.15, 0.2) is 5.82 Å². The first-order valence-corrected chi connectivity index (χ1v) is 7.64. The molecule has 2 aliphatic rings. The topological polar surface area (TPSA) is 46.3 Å². The molecular formula is C16H19N5. The van der Waals surface area contributed by atoms with Gasteiger partial charge in [-0.2, -0.15) is 0 Å². The van der Waals surface area contributed by atoms with Crippen LogP contribution < -0.4 is 0 Å². The van der Waals surface area contributed by atoms with Crippen molar-refractivity contribution in [3.05, 3.63) is 41.5 Å². The van der Waals surface area contributed by atoms with Gasteiger partial charge in [-0.25, -0.2) is 0 Å². The highest BCUT2D eigenvalue weighted by atomic mass is 15.3. The van der Waals surface area contributed by atoms with Gasteiger partial charge >= 0.3 is 0 Å². The van der Waals surface area contributed by atoms with E-state index >= 15 is 0 Å². The first kappa shape index (κ1) is 12.6. The standard InChI is InChI=1S/C16H19N5/c1-12-18-19-15-11-17-16(20-9-5-2-6-10-20)13-7-3-4-8-14(13)21(12)15/h3-4,7-8H,2,5-6,9-11H2,1H3. The molecule has 1 fully saturated rings. The highest BCUT2D eigenvalue weighted by Crippen LogP contribution is 2.25. The molecule has 0 saturated carbocycles. The minimum Gasteiger partial charge on any atom is -0.356 e. The van der Waals surface area contributed by atoms with Crippen molar-refractivity contribution >= 4 is 5.84 Å². The van der Waals surface area contributed by atoms with Gasteiger partial charge in [0.2, 0.25) is 0 Å². The van der Waals surface area contributed by atoms with Crippen LogP contribution in [0.5, 0.6) is 0 Å². The summed E-state index contributed by atoms with van der Waals surface area (Å²) in [5.74, 6) is 2.97. The number of hydrogen-bond donors (Lipinski definition) is 0. The molecule has 108 valence electrons. The van der Waals surface area contributed by atoms with Crippen LogP contribution in [0.1, 0.15) is 36.5 Å². The number of likely N-dealkylation sites (tertiary alicyclic amines) is 1. The largest absolute Gasteiger partial charge is 0.356 e. The normalized spacial score (nSPS) is 17.8. The summed E-state index contributed by atoms with van der Waals surface area (Å²) in [4.78, 5) is 7.29. The van der Waals surface area contributed by atoms with E-state index in [9.17, 15) is 0 Å². The molecule has 0 spiro atoms. The molecule has 21 heavy (non-hydrogen) atoms. The number of para-hydroxylation sites is 1. The molecule has 1 saturated heterocycles. The van der Waals surface area contributed by atoms with Gasteiger partial charge in [0.1, 0.15) is 18.2 Å². The average molecular weight is 281 g/mol. The molecule has 2 aliphatic heterocycles. The number of aliphatic imine (C=N–C) groups is 1. The lowest BCUT2D eigenvalue weighted by atomic mass is 10.1. The molecule has 2 aromatic rings. The van der Waals surface area contributed by atoms with Crippen LogP contribution in [0.2, 0.25) is 0 Å². The smallest absolute Gasteiger partial charge is 0.159 e. The Hall–Kier alpha value is -2.17. The molecular weight excluding hydrogens is 262 g/mol. The van der Waals surface area contributed by atoms with Crippen LogP contribution >= 0.6 is 0 Å². The van der Waals surface area contributed by atoms with Crippen LogP contribution in [0.15, 0.2) is 29.3 Å². The van der Waals surface area contributed by atoms with E-state index in [1.807, 2.05) is 6.92 Å². The highest BCUT2D eigenvalue weighted by molar-refractivity contribution is 6.02. The molecule has 4 rings (SSSR count). The first-order chi connectivity index (χ1) is 10.3. The lowest BCUT2D eigenvalue weighted by molar-refractivity contribution is 0.342. The van der Waals surface area contributed by atoms with Gasteiger partial charge in [0.05, 0.1) is 5.69 Å². The Morgan fingerprint density at radius 2 is 1.81 bits per heavy atom. The van der Waals surface area contributed by atoms with E-state index in [1.165, 1.54) is 24.8 Å². The summed E-state index contributed by atoms with van der Waals surface area (Å²) in [6.45, 7) is 4.81. The second-order valence-electron chi connectivity index (χ2n) is 5.70. The number of aryl methyl sites for hydroxylation is 1. The maximum atomic E-state index is 4.86. The van der Waals surface area contributed by atoms with Crippen LogP contribution in [0.25, 0.3) is 5.69 Å². The predicted octanol–water partition coefficient (Wildman–Crippen LogP) is 2.32. The Kier molecular flexibility index (Phi) is 2.98. The number of nitrogens with zero attached hydrogens (tertiary/aromatic N) is 5. The lowest BCUT2D eigenvalue weighted by Crippen LogP contribution is -2.36.